The molecule has 0 saturated heterocycles. The molecule has 0 atom stereocenters. The van der Waals surface area contributed by atoms with Gasteiger partial charge in [-0.3, -0.25) is 0 Å². The molecule has 3 nitrogen and oxygen atoms in total. The molecule has 0 aliphatic carbocycles. The van der Waals surface area contributed by atoms with Gasteiger partial charge in [0.2, 0.25) is 0 Å². The van der Waals surface area contributed by atoms with Crippen molar-refractivity contribution in [1.82, 2.24) is 4.98 Å². The lowest BCUT2D eigenvalue weighted by Gasteiger charge is -2.26. The highest BCUT2D eigenvalue weighted by Gasteiger charge is 2.20. The number of thiazole rings is 1. The molecule has 12 aromatic rings. The molecule has 4 heteroatoms. The van der Waals surface area contributed by atoms with Crippen molar-refractivity contribution in [3.63, 3.8) is 0 Å². The summed E-state index contributed by atoms with van der Waals surface area (Å²) in [4.78, 5) is 7.33. The molecule has 0 aliphatic heterocycles. The summed E-state index contributed by atoms with van der Waals surface area (Å²) in [7, 11) is 0. The normalized spacial score (nSPS) is 11.6. The summed E-state index contributed by atoms with van der Waals surface area (Å²) in [6.45, 7) is 0. The number of aromatic nitrogens is 1. The van der Waals surface area contributed by atoms with Gasteiger partial charge in [0, 0.05) is 39.0 Å². The Morgan fingerprint density at radius 2 is 0.967 bits per heavy atom. The van der Waals surface area contributed by atoms with Gasteiger partial charge in [0.05, 0.1) is 10.2 Å². The molecule has 2 heterocycles. The molecule has 0 unspecified atom stereocenters. The van der Waals surface area contributed by atoms with Crippen molar-refractivity contribution in [3.05, 3.63) is 218 Å². The van der Waals surface area contributed by atoms with Crippen LogP contribution in [0.25, 0.3) is 97.7 Å². The minimum Gasteiger partial charge on any atom is -0.455 e. The van der Waals surface area contributed by atoms with Crippen LogP contribution in [0, 0.1) is 0 Å². The van der Waals surface area contributed by atoms with E-state index >= 15 is 0 Å². The predicted octanol–water partition coefficient (Wildman–Crippen LogP) is 16.6. The molecule has 2 aromatic heterocycles. The Morgan fingerprint density at radius 1 is 0.393 bits per heavy atom. The second kappa shape index (κ2) is 14.5. The number of nitrogens with zero attached hydrogens (tertiary/aromatic N) is 2. The van der Waals surface area contributed by atoms with Gasteiger partial charge in [0.1, 0.15) is 16.2 Å². The summed E-state index contributed by atoms with van der Waals surface area (Å²) in [5, 5.41) is 8.04. The highest BCUT2D eigenvalue weighted by molar-refractivity contribution is 7.21. The quantitative estimate of drug-likeness (QED) is 0.161. The third kappa shape index (κ3) is 6.07. The Balaban J connectivity index is 0.964. The maximum Gasteiger partial charge on any atom is 0.143 e. The first-order valence-corrected chi connectivity index (χ1v) is 21.4. The molecule has 61 heavy (non-hydrogen) atoms. The minimum atomic E-state index is 0.873. The molecular formula is C57H36N2OS. The fourth-order valence-corrected chi connectivity index (χ4v) is 9.99. The highest BCUT2D eigenvalue weighted by Crippen LogP contribution is 2.45. The Hall–Kier alpha value is -7.79. The van der Waals surface area contributed by atoms with Gasteiger partial charge in [-0.25, -0.2) is 4.98 Å². The van der Waals surface area contributed by atoms with E-state index in [0.29, 0.717) is 0 Å². The fraction of sp³-hybridized carbons (Fsp3) is 0. The summed E-state index contributed by atoms with van der Waals surface area (Å²) >= 11 is 1.75. The minimum absolute atomic E-state index is 0.873. The molecule has 0 bridgehead atoms. The maximum absolute atomic E-state index is 6.88. The van der Waals surface area contributed by atoms with Crippen LogP contribution < -0.4 is 4.90 Å². The second-order valence-corrected chi connectivity index (χ2v) is 16.5. The number of furan rings is 1. The van der Waals surface area contributed by atoms with E-state index < -0.39 is 0 Å². The lowest BCUT2D eigenvalue weighted by molar-refractivity contribution is 0.670. The smallest absolute Gasteiger partial charge is 0.143 e. The van der Waals surface area contributed by atoms with Gasteiger partial charge in [-0.1, -0.05) is 152 Å². The molecule has 0 aliphatic rings. The van der Waals surface area contributed by atoms with Crippen molar-refractivity contribution in [2.24, 2.45) is 0 Å². The van der Waals surface area contributed by atoms with Crippen molar-refractivity contribution in [2.45, 2.75) is 0 Å². The molecule has 12 rings (SSSR count). The first-order chi connectivity index (χ1) is 30.2. The summed E-state index contributed by atoms with van der Waals surface area (Å²) < 4.78 is 8.08. The molecule has 0 radical (unpaired) electrons. The van der Waals surface area contributed by atoms with Gasteiger partial charge in [-0.2, -0.15) is 0 Å². The van der Waals surface area contributed by atoms with Crippen molar-refractivity contribution in [1.29, 1.82) is 0 Å². The van der Waals surface area contributed by atoms with Crippen molar-refractivity contribution in [2.75, 3.05) is 4.90 Å². The van der Waals surface area contributed by atoms with Crippen molar-refractivity contribution in [3.8, 4) is 44.0 Å². The Bertz CT molecular complexity index is 3540. The van der Waals surface area contributed by atoms with Crippen LogP contribution >= 0.6 is 11.3 Å². The topological polar surface area (TPSA) is 29.3 Å². The molecule has 0 N–H and O–H groups in total. The van der Waals surface area contributed by atoms with Crippen LogP contribution in [-0.2, 0) is 0 Å². The zero-order valence-corrected chi connectivity index (χ0v) is 33.8. The zero-order chi connectivity index (χ0) is 40.3. The molecule has 10 aromatic carbocycles. The largest absolute Gasteiger partial charge is 0.455 e. The summed E-state index contributed by atoms with van der Waals surface area (Å²) in [6.07, 6.45) is 0. The van der Waals surface area contributed by atoms with Crippen LogP contribution in [-0.4, -0.2) is 4.98 Å². The fourth-order valence-electron chi connectivity index (χ4n) is 8.98. The average molecular weight is 797 g/mol. The van der Waals surface area contributed by atoms with E-state index in [4.69, 9.17) is 9.40 Å². The number of rotatable bonds is 7. The molecule has 0 amide bonds. The summed E-state index contributed by atoms with van der Waals surface area (Å²) in [5.41, 5.74) is 14.1. The molecular weight excluding hydrogens is 761 g/mol. The number of para-hydroxylation sites is 2. The van der Waals surface area contributed by atoms with Crippen LogP contribution in [0.3, 0.4) is 0 Å². The maximum atomic E-state index is 6.88. The molecule has 0 spiro atoms. The number of benzene rings is 10. The summed E-state index contributed by atoms with van der Waals surface area (Å²) in [5.74, 6) is 0. The molecule has 286 valence electrons. The highest BCUT2D eigenvalue weighted by atomic mass is 32.1. The Morgan fingerprint density at radius 3 is 1.72 bits per heavy atom. The van der Waals surface area contributed by atoms with Crippen LogP contribution in [0.2, 0.25) is 0 Å². The Kier molecular flexibility index (Phi) is 8.36. The van der Waals surface area contributed by atoms with Gasteiger partial charge in [0.25, 0.3) is 0 Å². The molecule has 0 fully saturated rings. The molecule has 0 saturated carbocycles. The van der Waals surface area contributed by atoms with E-state index in [0.717, 1.165) is 71.8 Å². The van der Waals surface area contributed by atoms with Gasteiger partial charge in [-0.15, -0.1) is 11.3 Å². The first kappa shape index (κ1) is 35.2. The van der Waals surface area contributed by atoms with Crippen LogP contribution in [0.5, 0.6) is 0 Å². The van der Waals surface area contributed by atoms with E-state index in [1.54, 1.807) is 11.3 Å². The van der Waals surface area contributed by atoms with Gasteiger partial charge in [-0.05, 0) is 116 Å². The standard InChI is InChI=1S/C57H36N2OS/c1-3-13-37(14-4-1)38-23-28-43(29-24-38)59(42-16-5-2-6-17-42)44-30-25-39(26-31-44)50-35-40-15-7-8-18-46(40)55-51-36-41(27-34-53(51)60-56(50)55)45-32-33-49(48-20-10-9-19-47(45)48)57-58-52-21-11-12-22-54(52)61-57/h1-36H. The zero-order valence-electron chi connectivity index (χ0n) is 33.0. The number of anilines is 3. The monoisotopic (exact) mass is 796 g/mol. The van der Waals surface area contributed by atoms with Crippen molar-refractivity contribution < 1.29 is 4.42 Å². The van der Waals surface area contributed by atoms with E-state index in [1.807, 2.05) is 0 Å². The lowest BCUT2D eigenvalue weighted by atomic mass is 9.93. The van der Waals surface area contributed by atoms with Crippen LogP contribution in [0.15, 0.2) is 223 Å². The van der Waals surface area contributed by atoms with E-state index in [-0.39, 0.29) is 0 Å². The third-order valence-electron chi connectivity index (χ3n) is 11.9. The van der Waals surface area contributed by atoms with Crippen LogP contribution in [0.1, 0.15) is 0 Å². The third-order valence-corrected chi connectivity index (χ3v) is 13.0. The van der Waals surface area contributed by atoms with E-state index in [2.05, 4.69) is 223 Å². The van der Waals surface area contributed by atoms with Gasteiger partial charge >= 0.3 is 0 Å². The van der Waals surface area contributed by atoms with E-state index in [1.165, 1.54) is 42.9 Å². The van der Waals surface area contributed by atoms with Crippen molar-refractivity contribution >= 4 is 82.1 Å². The second-order valence-electron chi connectivity index (χ2n) is 15.5. The van der Waals surface area contributed by atoms with Gasteiger partial charge < -0.3 is 9.32 Å². The predicted molar refractivity (Wildman–Crippen MR) is 258 cm³/mol. The number of hydrogen-bond acceptors (Lipinski definition) is 4. The summed E-state index contributed by atoms with van der Waals surface area (Å²) in [6, 6.07) is 78.0. The number of fused-ring (bicyclic) bond motifs is 7. The van der Waals surface area contributed by atoms with Gasteiger partial charge in [0.15, 0.2) is 0 Å². The first-order valence-electron chi connectivity index (χ1n) is 20.6. The van der Waals surface area contributed by atoms with Crippen LogP contribution in [0.4, 0.5) is 17.1 Å². The van der Waals surface area contributed by atoms with E-state index in [9.17, 15) is 0 Å². The lowest BCUT2D eigenvalue weighted by Crippen LogP contribution is -2.09. The average Bonchev–Trinajstić information content (AvgIpc) is 3.94. The number of hydrogen-bond donors (Lipinski definition) is 0. The Labute approximate surface area is 357 Å². The SMILES string of the molecule is c1ccc(-c2ccc(N(c3ccccc3)c3ccc(-c4cc5ccccc5c5c4oc4ccc(-c6ccc(-c7nc8ccccc8s7)c7ccccc67)cc45)cc3)cc2)cc1.